The predicted molar refractivity (Wildman–Crippen MR) is 97.0 cm³/mol. The van der Waals surface area contributed by atoms with Gasteiger partial charge in [0.15, 0.2) is 0 Å². The normalized spacial score (nSPS) is 11.4. The number of sulfonamides is 1. The first-order chi connectivity index (χ1) is 12.1. The van der Waals surface area contributed by atoms with Crippen molar-refractivity contribution < 1.29 is 18.3 Å². The van der Waals surface area contributed by atoms with E-state index >= 15 is 0 Å². The highest BCUT2D eigenvalue weighted by atomic mass is 32.2. The van der Waals surface area contributed by atoms with Crippen molar-refractivity contribution in [2.75, 3.05) is 18.5 Å². The van der Waals surface area contributed by atoms with Crippen molar-refractivity contribution >= 4 is 21.7 Å². The number of aryl methyl sites for hydroxylation is 2. The zero-order valence-corrected chi connectivity index (χ0v) is 15.7. The molecule has 0 aliphatic heterocycles. The minimum absolute atomic E-state index is 0.0945. The highest BCUT2D eigenvalue weighted by molar-refractivity contribution is 7.89. The molecule has 0 unspecified atom stereocenters. The SMILES string of the molecule is Cc1nn(C)c(C)c1CN(CCO)C(=O)Nc1cccc(S(N)(=O)=O)c1. The first kappa shape index (κ1) is 19.9. The molecule has 1 heterocycles. The summed E-state index contributed by atoms with van der Waals surface area (Å²) < 4.78 is 24.6. The molecule has 2 aromatic rings. The van der Waals surface area contributed by atoms with E-state index in [9.17, 15) is 18.3 Å². The van der Waals surface area contributed by atoms with E-state index in [1.54, 1.807) is 10.7 Å². The molecular formula is C16H23N5O4S. The van der Waals surface area contributed by atoms with Gasteiger partial charge in [0.25, 0.3) is 0 Å². The molecule has 0 fully saturated rings. The van der Waals surface area contributed by atoms with E-state index in [4.69, 9.17) is 5.14 Å². The monoisotopic (exact) mass is 381 g/mol. The third-order valence-corrected chi connectivity index (χ3v) is 4.99. The Morgan fingerprint density at radius 3 is 2.62 bits per heavy atom. The van der Waals surface area contributed by atoms with Gasteiger partial charge in [-0.3, -0.25) is 4.68 Å². The number of urea groups is 1. The van der Waals surface area contributed by atoms with Crippen LogP contribution in [0.3, 0.4) is 0 Å². The Labute approximate surface area is 152 Å². The van der Waals surface area contributed by atoms with Gasteiger partial charge in [-0.05, 0) is 32.0 Å². The fourth-order valence-electron chi connectivity index (χ4n) is 2.56. The molecule has 9 nitrogen and oxygen atoms in total. The highest BCUT2D eigenvalue weighted by Gasteiger charge is 2.19. The number of nitrogens with two attached hydrogens (primary N) is 1. The summed E-state index contributed by atoms with van der Waals surface area (Å²) in [5.74, 6) is 0. The van der Waals surface area contributed by atoms with Crippen molar-refractivity contribution in [2.24, 2.45) is 12.2 Å². The highest BCUT2D eigenvalue weighted by Crippen LogP contribution is 2.17. The lowest BCUT2D eigenvalue weighted by Gasteiger charge is -2.22. The van der Waals surface area contributed by atoms with Crippen molar-refractivity contribution in [3.8, 4) is 0 Å². The van der Waals surface area contributed by atoms with Crippen molar-refractivity contribution in [3.05, 3.63) is 41.2 Å². The summed E-state index contributed by atoms with van der Waals surface area (Å²) in [6.45, 7) is 3.94. The Hall–Kier alpha value is -2.43. The number of primary sulfonamides is 1. The summed E-state index contributed by atoms with van der Waals surface area (Å²) in [7, 11) is -2.04. The van der Waals surface area contributed by atoms with Gasteiger partial charge >= 0.3 is 6.03 Å². The molecule has 0 aliphatic rings. The molecule has 0 spiro atoms. The minimum atomic E-state index is -3.86. The minimum Gasteiger partial charge on any atom is -0.395 e. The molecular weight excluding hydrogens is 358 g/mol. The van der Waals surface area contributed by atoms with Crippen LogP contribution >= 0.6 is 0 Å². The number of rotatable bonds is 6. The van der Waals surface area contributed by atoms with Gasteiger partial charge in [0.1, 0.15) is 0 Å². The van der Waals surface area contributed by atoms with Crippen LogP contribution in [0.25, 0.3) is 0 Å². The summed E-state index contributed by atoms with van der Waals surface area (Å²) >= 11 is 0. The Morgan fingerprint density at radius 2 is 2.08 bits per heavy atom. The molecule has 0 atom stereocenters. The number of hydrogen-bond donors (Lipinski definition) is 3. The molecule has 26 heavy (non-hydrogen) atoms. The van der Waals surface area contributed by atoms with Crippen molar-refractivity contribution in [2.45, 2.75) is 25.3 Å². The van der Waals surface area contributed by atoms with Crippen LogP contribution in [-0.4, -0.2) is 47.4 Å². The van der Waals surface area contributed by atoms with E-state index < -0.39 is 16.1 Å². The summed E-state index contributed by atoms with van der Waals surface area (Å²) in [5.41, 5.74) is 2.92. The van der Waals surface area contributed by atoms with Gasteiger partial charge in [0.2, 0.25) is 10.0 Å². The summed E-state index contributed by atoms with van der Waals surface area (Å²) in [4.78, 5) is 13.9. The second-order valence-electron chi connectivity index (χ2n) is 5.92. The van der Waals surface area contributed by atoms with Crippen LogP contribution in [0.5, 0.6) is 0 Å². The molecule has 0 bridgehead atoms. The Balaban J connectivity index is 2.21. The number of benzene rings is 1. The number of aliphatic hydroxyl groups excluding tert-OH is 1. The number of carbonyl (C=O) groups excluding carboxylic acids is 1. The van der Waals surface area contributed by atoms with Crippen LogP contribution in [0.15, 0.2) is 29.2 Å². The summed E-state index contributed by atoms with van der Waals surface area (Å²) in [6.07, 6.45) is 0. The lowest BCUT2D eigenvalue weighted by molar-refractivity contribution is 0.185. The molecule has 0 aliphatic carbocycles. The molecule has 142 valence electrons. The molecule has 1 aromatic heterocycles. The van der Waals surface area contributed by atoms with Gasteiger partial charge in [-0.15, -0.1) is 0 Å². The number of aliphatic hydroxyl groups is 1. The quantitative estimate of drug-likeness (QED) is 0.678. The van der Waals surface area contributed by atoms with Crippen LogP contribution in [0.2, 0.25) is 0 Å². The second-order valence-corrected chi connectivity index (χ2v) is 7.48. The molecule has 0 radical (unpaired) electrons. The average Bonchev–Trinajstić information content (AvgIpc) is 2.80. The number of hydrogen-bond acceptors (Lipinski definition) is 5. The van der Waals surface area contributed by atoms with Crippen LogP contribution in [0, 0.1) is 13.8 Å². The average molecular weight is 381 g/mol. The van der Waals surface area contributed by atoms with Crippen molar-refractivity contribution in [3.63, 3.8) is 0 Å². The van der Waals surface area contributed by atoms with Crippen molar-refractivity contribution in [1.29, 1.82) is 0 Å². The van der Waals surface area contributed by atoms with E-state index in [2.05, 4.69) is 10.4 Å². The Kier molecular flexibility index (Phi) is 6.01. The van der Waals surface area contributed by atoms with Crippen LogP contribution in [-0.2, 0) is 23.6 Å². The van der Waals surface area contributed by atoms with E-state index in [0.29, 0.717) is 5.69 Å². The lowest BCUT2D eigenvalue weighted by Crippen LogP contribution is -2.36. The van der Waals surface area contributed by atoms with E-state index in [-0.39, 0.29) is 24.6 Å². The largest absolute Gasteiger partial charge is 0.395 e. The molecule has 2 rings (SSSR count). The number of aromatic nitrogens is 2. The van der Waals surface area contributed by atoms with Crippen molar-refractivity contribution in [1.82, 2.24) is 14.7 Å². The second kappa shape index (κ2) is 7.85. The molecule has 0 saturated carbocycles. The number of anilines is 1. The van der Waals surface area contributed by atoms with Crippen LogP contribution in [0.1, 0.15) is 17.0 Å². The molecule has 0 saturated heterocycles. The van der Waals surface area contributed by atoms with Gasteiger partial charge in [-0.2, -0.15) is 5.10 Å². The maximum atomic E-state index is 12.6. The number of amides is 2. The maximum absolute atomic E-state index is 12.6. The van der Waals surface area contributed by atoms with Gasteiger partial charge in [-0.1, -0.05) is 6.07 Å². The van der Waals surface area contributed by atoms with E-state index in [0.717, 1.165) is 17.0 Å². The third kappa shape index (κ3) is 4.59. The first-order valence-corrected chi connectivity index (χ1v) is 9.47. The molecule has 10 heteroatoms. The standard InChI is InChI=1S/C16H23N5O4S/c1-11-15(12(2)20(3)19-11)10-21(7-8-22)16(23)18-13-5-4-6-14(9-13)26(17,24)25/h4-6,9,22H,7-8,10H2,1-3H3,(H,18,23)(H2,17,24,25). The molecule has 1 aromatic carbocycles. The fourth-order valence-corrected chi connectivity index (χ4v) is 3.12. The summed E-state index contributed by atoms with van der Waals surface area (Å²) in [6, 6.07) is 5.21. The zero-order chi connectivity index (χ0) is 19.5. The Morgan fingerprint density at radius 1 is 1.38 bits per heavy atom. The van der Waals surface area contributed by atoms with Gasteiger partial charge in [0, 0.05) is 30.5 Å². The summed E-state index contributed by atoms with van der Waals surface area (Å²) in [5, 5.41) is 21.3. The maximum Gasteiger partial charge on any atom is 0.322 e. The fraction of sp³-hybridized carbons (Fsp3) is 0.375. The molecule has 2 amide bonds. The predicted octanol–water partition coefficient (Wildman–Crippen LogP) is 0.711. The number of nitrogens with zero attached hydrogens (tertiary/aromatic N) is 3. The van der Waals surface area contributed by atoms with Crippen LogP contribution in [0.4, 0.5) is 10.5 Å². The van der Waals surface area contributed by atoms with Crippen LogP contribution < -0.4 is 10.5 Å². The van der Waals surface area contributed by atoms with E-state index in [1.165, 1.54) is 23.1 Å². The van der Waals surface area contributed by atoms with Gasteiger partial charge in [-0.25, -0.2) is 18.4 Å². The van der Waals surface area contributed by atoms with E-state index in [1.807, 2.05) is 20.9 Å². The smallest absolute Gasteiger partial charge is 0.322 e. The topological polar surface area (TPSA) is 131 Å². The Bertz CT molecular complexity index is 907. The lowest BCUT2D eigenvalue weighted by atomic mass is 10.2. The first-order valence-electron chi connectivity index (χ1n) is 7.92. The number of nitrogens with one attached hydrogen (secondary N) is 1. The molecule has 4 N–H and O–H groups in total. The van der Waals surface area contributed by atoms with Gasteiger partial charge in [0.05, 0.1) is 23.7 Å². The zero-order valence-electron chi connectivity index (χ0n) is 14.9. The third-order valence-electron chi connectivity index (χ3n) is 4.08. The number of carbonyl (C=O) groups is 1. The van der Waals surface area contributed by atoms with Gasteiger partial charge < -0.3 is 15.3 Å².